The van der Waals surface area contributed by atoms with E-state index in [4.69, 9.17) is 9.84 Å². The lowest BCUT2D eigenvalue weighted by Crippen LogP contribution is -2.00. The van der Waals surface area contributed by atoms with E-state index in [1.54, 1.807) is 26.2 Å². The molecule has 1 aromatic rings. The summed E-state index contributed by atoms with van der Waals surface area (Å²) < 4.78 is 4.94. The molecule has 0 amide bonds. The zero-order chi connectivity index (χ0) is 11.8. The third-order valence-corrected chi connectivity index (χ3v) is 1.83. The smallest absolute Gasteiger partial charge is 0.335 e. The number of rotatable bonds is 3. The second kappa shape index (κ2) is 7.01. The number of hydrogen-bond donors (Lipinski definition) is 1. The molecule has 3 nitrogen and oxygen atoms in total. The summed E-state index contributed by atoms with van der Waals surface area (Å²) in [5, 5.41) is 8.76. The summed E-state index contributed by atoms with van der Waals surface area (Å²) in [6.45, 7) is 6.29. The van der Waals surface area contributed by atoms with Crippen molar-refractivity contribution >= 4 is 5.97 Å². The van der Waals surface area contributed by atoms with Gasteiger partial charge in [0, 0.05) is 7.11 Å². The standard InChI is InChI=1S/C10H12O3.C2H6/c1-7-5-8(6-13-2)3-4-9(7)10(11)12;1-2/h3-5H,6H2,1-2H3,(H,11,12);1-2H3. The number of aryl methyl sites for hydroxylation is 1. The molecule has 1 N–H and O–H groups in total. The largest absolute Gasteiger partial charge is 0.478 e. The lowest BCUT2D eigenvalue weighted by atomic mass is 10.1. The Balaban J connectivity index is 0.000000921. The molecule has 1 rings (SSSR count). The predicted molar refractivity (Wildman–Crippen MR) is 60.2 cm³/mol. The summed E-state index contributed by atoms with van der Waals surface area (Å²) in [7, 11) is 1.61. The molecule has 0 spiro atoms. The summed E-state index contributed by atoms with van der Waals surface area (Å²) >= 11 is 0. The summed E-state index contributed by atoms with van der Waals surface area (Å²) in [6.07, 6.45) is 0. The Bertz CT molecular complexity index is 319. The van der Waals surface area contributed by atoms with Crippen LogP contribution in [0.4, 0.5) is 0 Å². The molecule has 3 heteroatoms. The van der Waals surface area contributed by atoms with Crippen molar-refractivity contribution in [2.24, 2.45) is 0 Å². The topological polar surface area (TPSA) is 46.5 Å². The van der Waals surface area contributed by atoms with Crippen LogP contribution in [-0.4, -0.2) is 18.2 Å². The van der Waals surface area contributed by atoms with Gasteiger partial charge in [-0.15, -0.1) is 0 Å². The molecular formula is C12H18O3. The minimum atomic E-state index is -0.888. The normalized spacial score (nSPS) is 9.07. The summed E-state index contributed by atoms with van der Waals surface area (Å²) in [5.74, 6) is -0.888. The van der Waals surface area contributed by atoms with Gasteiger partial charge in [0.1, 0.15) is 0 Å². The number of hydrogen-bond acceptors (Lipinski definition) is 2. The van der Waals surface area contributed by atoms with Crippen LogP contribution < -0.4 is 0 Å². The van der Waals surface area contributed by atoms with Crippen molar-refractivity contribution < 1.29 is 14.6 Å². The minimum Gasteiger partial charge on any atom is -0.478 e. The van der Waals surface area contributed by atoms with Crippen LogP contribution in [0.15, 0.2) is 18.2 Å². The van der Waals surface area contributed by atoms with Crippen LogP contribution in [0, 0.1) is 6.92 Å². The van der Waals surface area contributed by atoms with E-state index in [2.05, 4.69) is 0 Å². The molecule has 0 aliphatic heterocycles. The van der Waals surface area contributed by atoms with E-state index >= 15 is 0 Å². The molecule has 0 radical (unpaired) electrons. The van der Waals surface area contributed by atoms with Crippen molar-refractivity contribution in [3.63, 3.8) is 0 Å². The maximum Gasteiger partial charge on any atom is 0.335 e. The van der Waals surface area contributed by atoms with Gasteiger partial charge in [-0.05, 0) is 24.1 Å². The van der Waals surface area contributed by atoms with Crippen molar-refractivity contribution in [3.05, 3.63) is 34.9 Å². The van der Waals surface area contributed by atoms with Crippen LogP contribution in [-0.2, 0) is 11.3 Å². The molecule has 84 valence electrons. The number of carboxylic acid groups (broad SMARTS) is 1. The Kier molecular flexibility index (Phi) is 6.38. The van der Waals surface area contributed by atoms with Gasteiger partial charge in [0.05, 0.1) is 12.2 Å². The van der Waals surface area contributed by atoms with Gasteiger partial charge in [-0.1, -0.05) is 26.0 Å². The lowest BCUT2D eigenvalue weighted by molar-refractivity contribution is 0.0696. The van der Waals surface area contributed by atoms with Crippen molar-refractivity contribution in [3.8, 4) is 0 Å². The quantitative estimate of drug-likeness (QED) is 0.834. The van der Waals surface area contributed by atoms with Crippen LogP contribution in [0.5, 0.6) is 0 Å². The van der Waals surface area contributed by atoms with Gasteiger partial charge >= 0.3 is 5.97 Å². The Morgan fingerprint density at radius 2 is 2.00 bits per heavy atom. The fourth-order valence-corrected chi connectivity index (χ4v) is 1.22. The first-order valence-corrected chi connectivity index (χ1v) is 4.97. The predicted octanol–water partition coefficient (Wildman–Crippen LogP) is 2.87. The number of carboxylic acids is 1. The molecule has 1 aromatic carbocycles. The van der Waals surface area contributed by atoms with Gasteiger partial charge in [-0.3, -0.25) is 0 Å². The molecule has 0 aliphatic rings. The Hall–Kier alpha value is -1.35. The zero-order valence-electron chi connectivity index (χ0n) is 9.70. The third-order valence-electron chi connectivity index (χ3n) is 1.83. The highest BCUT2D eigenvalue weighted by molar-refractivity contribution is 5.89. The van der Waals surface area contributed by atoms with Gasteiger partial charge in [0.15, 0.2) is 0 Å². The first-order chi connectivity index (χ1) is 7.15. The maximum absolute atomic E-state index is 10.7. The monoisotopic (exact) mass is 210 g/mol. The van der Waals surface area contributed by atoms with Crippen molar-refractivity contribution in [1.82, 2.24) is 0 Å². The first-order valence-electron chi connectivity index (χ1n) is 4.97. The maximum atomic E-state index is 10.7. The van der Waals surface area contributed by atoms with Crippen molar-refractivity contribution in [1.29, 1.82) is 0 Å². The van der Waals surface area contributed by atoms with Gasteiger partial charge in [0.2, 0.25) is 0 Å². The molecule has 0 unspecified atom stereocenters. The van der Waals surface area contributed by atoms with E-state index in [1.807, 2.05) is 19.9 Å². The van der Waals surface area contributed by atoms with E-state index in [0.717, 1.165) is 11.1 Å². The van der Waals surface area contributed by atoms with Gasteiger partial charge in [-0.2, -0.15) is 0 Å². The summed E-state index contributed by atoms with van der Waals surface area (Å²) in [5.41, 5.74) is 2.10. The number of ether oxygens (including phenoxy) is 1. The molecule has 0 heterocycles. The molecule has 0 bridgehead atoms. The summed E-state index contributed by atoms with van der Waals surface area (Å²) in [4.78, 5) is 10.7. The second-order valence-corrected chi connectivity index (χ2v) is 2.89. The lowest BCUT2D eigenvalue weighted by Gasteiger charge is -2.03. The highest BCUT2D eigenvalue weighted by atomic mass is 16.5. The van der Waals surface area contributed by atoms with Gasteiger partial charge in [0.25, 0.3) is 0 Å². The Morgan fingerprint density at radius 3 is 2.40 bits per heavy atom. The number of methoxy groups -OCH3 is 1. The zero-order valence-corrected chi connectivity index (χ0v) is 9.70. The van der Waals surface area contributed by atoms with Crippen LogP contribution in [0.1, 0.15) is 35.3 Å². The highest BCUT2D eigenvalue weighted by Crippen LogP contribution is 2.11. The van der Waals surface area contributed by atoms with Crippen LogP contribution in [0.25, 0.3) is 0 Å². The number of carbonyl (C=O) groups is 1. The van der Waals surface area contributed by atoms with Gasteiger partial charge < -0.3 is 9.84 Å². The van der Waals surface area contributed by atoms with Crippen LogP contribution >= 0.6 is 0 Å². The summed E-state index contributed by atoms with van der Waals surface area (Å²) in [6, 6.07) is 5.19. The van der Waals surface area contributed by atoms with Crippen LogP contribution in [0.2, 0.25) is 0 Å². The van der Waals surface area contributed by atoms with Crippen molar-refractivity contribution in [2.75, 3.05) is 7.11 Å². The molecule has 0 atom stereocenters. The SMILES string of the molecule is CC.COCc1ccc(C(=O)O)c(C)c1. The van der Waals surface area contributed by atoms with E-state index in [-0.39, 0.29) is 0 Å². The second-order valence-electron chi connectivity index (χ2n) is 2.89. The van der Waals surface area contributed by atoms with E-state index in [1.165, 1.54) is 0 Å². The Morgan fingerprint density at radius 1 is 1.40 bits per heavy atom. The number of aromatic carboxylic acids is 1. The first kappa shape index (κ1) is 13.7. The average molecular weight is 210 g/mol. The Labute approximate surface area is 90.7 Å². The fourth-order valence-electron chi connectivity index (χ4n) is 1.22. The minimum absolute atomic E-state index is 0.347. The van der Waals surface area contributed by atoms with Crippen molar-refractivity contribution in [2.45, 2.75) is 27.4 Å². The fraction of sp³-hybridized carbons (Fsp3) is 0.417. The molecule has 0 saturated carbocycles. The third kappa shape index (κ3) is 4.13. The molecule has 15 heavy (non-hydrogen) atoms. The van der Waals surface area contributed by atoms with E-state index in [9.17, 15) is 4.79 Å². The molecular weight excluding hydrogens is 192 g/mol. The molecule has 0 fully saturated rings. The highest BCUT2D eigenvalue weighted by Gasteiger charge is 2.06. The van der Waals surface area contributed by atoms with Crippen LogP contribution in [0.3, 0.4) is 0 Å². The molecule has 0 aromatic heterocycles. The molecule has 0 aliphatic carbocycles. The number of benzene rings is 1. The van der Waals surface area contributed by atoms with E-state index < -0.39 is 5.97 Å². The average Bonchev–Trinajstić information content (AvgIpc) is 2.21. The van der Waals surface area contributed by atoms with Gasteiger partial charge in [-0.25, -0.2) is 4.79 Å². The van der Waals surface area contributed by atoms with E-state index in [0.29, 0.717) is 12.2 Å². The molecule has 0 saturated heterocycles.